The molecule has 0 aromatic carbocycles. The molecule has 0 aliphatic rings. The van der Waals surface area contributed by atoms with Crippen molar-refractivity contribution in [2.75, 3.05) is 18.6 Å². The lowest BCUT2D eigenvalue weighted by Gasteiger charge is -2.04. The van der Waals surface area contributed by atoms with Gasteiger partial charge in [-0.25, -0.2) is 8.42 Å². The second-order valence-electron chi connectivity index (χ2n) is 4.13. The number of ether oxygens (including phenoxy) is 1. The highest BCUT2D eigenvalue weighted by Crippen LogP contribution is 2.12. The van der Waals surface area contributed by atoms with Gasteiger partial charge in [0.2, 0.25) is 5.89 Å². The standard InChI is InChI=1S/C10H19N3O4S/c1-3-5-16-7-9-12-10(17-13-9)8(11)4-6-18(2,14)15/h8H,3-7,11H2,1-2H3. The minimum atomic E-state index is -3.03. The molecule has 1 heterocycles. The number of aromatic nitrogens is 2. The van der Waals surface area contributed by atoms with Crippen molar-refractivity contribution >= 4 is 9.84 Å². The van der Waals surface area contributed by atoms with Gasteiger partial charge >= 0.3 is 0 Å². The molecule has 0 saturated carbocycles. The van der Waals surface area contributed by atoms with E-state index in [2.05, 4.69) is 10.1 Å². The lowest BCUT2D eigenvalue weighted by Crippen LogP contribution is -2.16. The highest BCUT2D eigenvalue weighted by molar-refractivity contribution is 7.90. The summed E-state index contributed by atoms with van der Waals surface area (Å²) in [6.07, 6.45) is 2.34. The first-order chi connectivity index (χ1) is 8.42. The maximum atomic E-state index is 11.0. The summed E-state index contributed by atoms with van der Waals surface area (Å²) in [5, 5.41) is 3.71. The molecule has 0 saturated heterocycles. The first-order valence-electron chi connectivity index (χ1n) is 5.76. The van der Waals surface area contributed by atoms with E-state index in [9.17, 15) is 8.42 Å². The van der Waals surface area contributed by atoms with Crippen LogP contribution in [0.2, 0.25) is 0 Å². The zero-order chi connectivity index (χ0) is 13.6. The Kier molecular flexibility index (Phi) is 5.70. The van der Waals surface area contributed by atoms with Crippen molar-refractivity contribution in [3.8, 4) is 0 Å². The van der Waals surface area contributed by atoms with E-state index in [-0.39, 0.29) is 24.7 Å². The third kappa shape index (κ3) is 5.56. The Bertz CT molecular complexity index is 457. The predicted octanol–water partition coefficient (Wildman–Crippen LogP) is 0.431. The van der Waals surface area contributed by atoms with E-state index in [1.54, 1.807) is 0 Å². The topological polar surface area (TPSA) is 108 Å². The highest BCUT2D eigenvalue weighted by atomic mass is 32.2. The van der Waals surface area contributed by atoms with Crippen LogP contribution >= 0.6 is 0 Å². The molecule has 0 aliphatic carbocycles. The van der Waals surface area contributed by atoms with Gasteiger partial charge in [0.1, 0.15) is 16.4 Å². The van der Waals surface area contributed by atoms with E-state index < -0.39 is 15.9 Å². The Labute approximate surface area is 107 Å². The Morgan fingerprint density at radius 2 is 2.22 bits per heavy atom. The van der Waals surface area contributed by atoms with E-state index in [1.165, 1.54) is 0 Å². The third-order valence-electron chi connectivity index (χ3n) is 2.18. The maximum absolute atomic E-state index is 11.0. The lowest BCUT2D eigenvalue weighted by molar-refractivity contribution is 0.114. The first kappa shape index (κ1) is 15.1. The van der Waals surface area contributed by atoms with Gasteiger partial charge in [-0.15, -0.1) is 0 Å². The predicted molar refractivity (Wildman–Crippen MR) is 65.5 cm³/mol. The van der Waals surface area contributed by atoms with Crippen LogP contribution in [0.15, 0.2) is 4.52 Å². The summed E-state index contributed by atoms with van der Waals surface area (Å²) >= 11 is 0. The van der Waals surface area contributed by atoms with Crippen molar-refractivity contribution in [2.45, 2.75) is 32.4 Å². The van der Waals surface area contributed by atoms with Crippen LogP contribution < -0.4 is 5.73 Å². The van der Waals surface area contributed by atoms with E-state index in [4.69, 9.17) is 15.0 Å². The van der Waals surface area contributed by atoms with Gasteiger partial charge in [0, 0.05) is 12.9 Å². The van der Waals surface area contributed by atoms with Crippen molar-refractivity contribution in [3.63, 3.8) is 0 Å². The number of sulfone groups is 1. The Balaban J connectivity index is 2.46. The van der Waals surface area contributed by atoms with Crippen LogP contribution in [0.25, 0.3) is 0 Å². The molecule has 1 unspecified atom stereocenters. The molecular weight excluding hydrogens is 258 g/mol. The first-order valence-corrected chi connectivity index (χ1v) is 7.82. The second kappa shape index (κ2) is 6.81. The van der Waals surface area contributed by atoms with Crippen molar-refractivity contribution in [2.24, 2.45) is 5.73 Å². The van der Waals surface area contributed by atoms with Gasteiger partial charge in [-0.2, -0.15) is 4.98 Å². The average Bonchev–Trinajstić information content (AvgIpc) is 2.74. The zero-order valence-corrected chi connectivity index (χ0v) is 11.4. The van der Waals surface area contributed by atoms with Crippen molar-refractivity contribution in [1.29, 1.82) is 0 Å². The second-order valence-corrected chi connectivity index (χ2v) is 6.39. The van der Waals surface area contributed by atoms with Crippen LogP contribution in [-0.2, 0) is 21.2 Å². The van der Waals surface area contributed by atoms with Crippen LogP contribution in [0.1, 0.15) is 37.5 Å². The van der Waals surface area contributed by atoms with Crippen LogP contribution in [-0.4, -0.2) is 37.2 Å². The van der Waals surface area contributed by atoms with E-state index in [0.29, 0.717) is 12.4 Å². The maximum Gasteiger partial charge on any atom is 0.243 e. The van der Waals surface area contributed by atoms with Crippen LogP contribution in [0.4, 0.5) is 0 Å². The summed E-state index contributed by atoms with van der Waals surface area (Å²) in [7, 11) is -3.03. The summed E-state index contributed by atoms with van der Waals surface area (Å²) < 4.78 is 32.2. The normalized spacial score (nSPS) is 13.7. The van der Waals surface area contributed by atoms with Crippen molar-refractivity contribution in [3.05, 3.63) is 11.7 Å². The van der Waals surface area contributed by atoms with Gasteiger partial charge < -0.3 is 15.0 Å². The van der Waals surface area contributed by atoms with Crippen molar-refractivity contribution in [1.82, 2.24) is 10.1 Å². The summed E-state index contributed by atoms with van der Waals surface area (Å²) in [5.41, 5.74) is 5.77. The van der Waals surface area contributed by atoms with E-state index in [1.807, 2.05) is 6.92 Å². The number of hydrogen-bond acceptors (Lipinski definition) is 7. The summed E-state index contributed by atoms with van der Waals surface area (Å²) in [6.45, 7) is 2.91. The minimum Gasteiger partial charge on any atom is -0.373 e. The largest absolute Gasteiger partial charge is 0.373 e. The molecular formula is C10H19N3O4S. The zero-order valence-electron chi connectivity index (χ0n) is 10.6. The van der Waals surface area contributed by atoms with Crippen LogP contribution in [0, 0.1) is 0 Å². The summed E-state index contributed by atoms with van der Waals surface area (Å²) in [5.74, 6) is 0.667. The highest BCUT2D eigenvalue weighted by Gasteiger charge is 2.16. The average molecular weight is 277 g/mol. The molecule has 18 heavy (non-hydrogen) atoms. The van der Waals surface area contributed by atoms with E-state index >= 15 is 0 Å². The molecule has 2 N–H and O–H groups in total. The summed E-state index contributed by atoms with van der Waals surface area (Å²) in [4.78, 5) is 4.06. The SMILES string of the molecule is CCCOCc1noc(C(N)CCS(C)(=O)=O)n1. The molecule has 0 radical (unpaired) electrons. The smallest absolute Gasteiger partial charge is 0.243 e. The van der Waals surface area contributed by atoms with Gasteiger partial charge in [0.05, 0.1) is 11.8 Å². The number of hydrogen-bond donors (Lipinski definition) is 1. The molecule has 104 valence electrons. The molecule has 0 spiro atoms. The van der Waals surface area contributed by atoms with E-state index in [0.717, 1.165) is 12.7 Å². The molecule has 1 aromatic heterocycles. The number of nitrogens with zero attached hydrogens (tertiary/aromatic N) is 2. The molecule has 8 heteroatoms. The third-order valence-corrected chi connectivity index (χ3v) is 3.16. The quantitative estimate of drug-likeness (QED) is 0.686. The number of nitrogens with two attached hydrogens (primary N) is 1. The minimum absolute atomic E-state index is 0.00177. The van der Waals surface area contributed by atoms with Crippen LogP contribution in [0.5, 0.6) is 0 Å². The summed E-state index contributed by atoms with van der Waals surface area (Å²) in [6, 6.07) is -0.563. The fourth-order valence-electron chi connectivity index (χ4n) is 1.25. The van der Waals surface area contributed by atoms with Gasteiger partial charge in [0.25, 0.3) is 0 Å². The molecule has 7 nitrogen and oxygen atoms in total. The van der Waals surface area contributed by atoms with Crippen molar-refractivity contribution < 1.29 is 17.7 Å². The monoisotopic (exact) mass is 277 g/mol. The molecule has 1 atom stereocenters. The Morgan fingerprint density at radius 1 is 1.50 bits per heavy atom. The van der Waals surface area contributed by atoms with Gasteiger partial charge in [-0.1, -0.05) is 12.1 Å². The lowest BCUT2D eigenvalue weighted by atomic mass is 10.2. The van der Waals surface area contributed by atoms with Gasteiger partial charge in [-0.3, -0.25) is 0 Å². The fraction of sp³-hybridized carbons (Fsp3) is 0.800. The molecule has 0 amide bonds. The van der Waals surface area contributed by atoms with Gasteiger partial charge in [0.15, 0.2) is 5.82 Å². The Morgan fingerprint density at radius 3 is 2.83 bits per heavy atom. The molecule has 0 fully saturated rings. The Hall–Kier alpha value is -0.990. The number of rotatable bonds is 8. The molecule has 0 bridgehead atoms. The fourth-order valence-corrected chi connectivity index (χ4v) is 1.93. The van der Waals surface area contributed by atoms with Crippen LogP contribution in [0.3, 0.4) is 0 Å². The molecule has 1 rings (SSSR count). The molecule has 0 aliphatic heterocycles. The molecule has 1 aromatic rings. The van der Waals surface area contributed by atoms with Gasteiger partial charge in [-0.05, 0) is 12.8 Å².